The van der Waals surface area contributed by atoms with Crippen LogP contribution in [0.25, 0.3) is 11.3 Å². The number of anilines is 2. The number of benzene rings is 1. The highest BCUT2D eigenvalue weighted by Crippen LogP contribution is 2.32. The monoisotopic (exact) mass is 447 g/mol. The number of aromatic amines is 1. The van der Waals surface area contributed by atoms with Gasteiger partial charge in [-0.3, -0.25) is 9.89 Å². The van der Waals surface area contributed by atoms with Crippen molar-refractivity contribution in [2.24, 2.45) is 5.92 Å². The lowest BCUT2D eigenvalue weighted by Crippen LogP contribution is -2.22. The van der Waals surface area contributed by atoms with Gasteiger partial charge in [0.2, 0.25) is 0 Å². The van der Waals surface area contributed by atoms with Crippen LogP contribution in [0.1, 0.15) is 23.7 Å². The number of aromatic nitrogens is 3. The van der Waals surface area contributed by atoms with Gasteiger partial charge in [0.05, 0.1) is 11.3 Å². The average Bonchev–Trinajstić information content (AvgIpc) is 3.40. The van der Waals surface area contributed by atoms with E-state index in [9.17, 15) is 13.6 Å². The van der Waals surface area contributed by atoms with E-state index in [2.05, 4.69) is 37.1 Å². The van der Waals surface area contributed by atoms with Gasteiger partial charge in [0.15, 0.2) is 0 Å². The summed E-state index contributed by atoms with van der Waals surface area (Å²) >= 11 is 4.75. The number of halogens is 3. The maximum absolute atomic E-state index is 12.8. The molecule has 162 valence electrons. The van der Waals surface area contributed by atoms with Crippen molar-refractivity contribution < 1.29 is 18.3 Å². The largest absolute Gasteiger partial charge is 0.487 e. The van der Waals surface area contributed by atoms with Crippen LogP contribution in [0.4, 0.5) is 20.3 Å². The van der Waals surface area contributed by atoms with E-state index in [1.807, 2.05) is 6.07 Å². The van der Waals surface area contributed by atoms with Gasteiger partial charge in [-0.1, -0.05) is 6.92 Å². The number of hydrogen-bond donors (Lipinski definition) is 2. The smallest absolute Gasteiger partial charge is 0.420 e. The van der Waals surface area contributed by atoms with Crippen molar-refractivity contribution in [3.05, 3.63) is 54.4 Å². The van der Waals surface area contributed by atoms with Gasteiger partial charge < -0.3 is 15.0 Å². The highest BCUT2D eigenvalue weighted by atomic mass is 35.5. The number of ether oxygens (including phenoxy) is 1. The lowest BCUT2D eigenvalue weighted by atomic mass is 10.1. The Morgan fingerprint density at radius 2 is 2.10 bits per heavy atom. The number of rotatable bonds is 6. The van der Waals surface area contributed by atoms with E-state index >= 15 is 0 Å². The molecule has 0 aliphatic carbocycles. The van der Waals surface area contributed by atoms with Gasteiger partial charge in [0.1, 0.15) is 11.6 Å². The van der Waals surface area contributed by atoms with E-state index in [4.69, 9.17) is 11.6 Å². The normalized spacial score (nSPS) is 16.4. The van der Waals surface area contributed by atoms with Gasteiger partial charge in [0, 0.05) is 48.3 Å². The molecule has 1 fully saturated rings. The number of pyridine rings is 1. The summed E-state index contributed by atoms with van der Waals surface area (Å²) in [5.74, 6) is 0.870. The van der Waals surface area contributed by atoms with Crippen LogP contribution in [0, 0.1) is 5.92 Å². The summed E-state index contributed by atoms with van der Waals surface area (Å²) in [6.45, 7) is 3.99. The first kappa shape index (κ1) is 21.0. The SMILES string of the molecule is CC1CCN(c2ncc(C(=O)Nc3ccc(OC(F)(F)Cl)cc3)cc2-c2ccn[nH]2)C1. The molecule has 1 atom stereocenters. The first-order chi connectivity index (χ1) is 14.8. The van der Waals surface area contributed by atoms with Crippen molar-refractivity contribution >= 4 is 29.0 Å². The Hall–Kier alpha value is -3.20. The summed E-state index contributed by atoms with van der Waals surface area (Å²) in [7, 11) is 0. The molecule has 4 rings (SSSR count). The number of hydrogen-bond acceptors (Lipinski definition) is 5. The van der Waals surface area contributed by atoms with Gasteiger partial charge in [0.25, 0.3) is 5.91 Å². The minimum atomic E-state index is -3.80. The van der Waals surface area contributed by atoms with Crippen molar-refractivity contribution in [2.75, 3.05) is 23.3 Å². The van der Waals surface area contributed by atoms with Crippen LogP contribution in [0.2, 0.25) is 0 Å². The van der Waals surface area contributed by atoms with Gasteiger partial charge >= 0.3 is 5.57 Å². The molecule has 0 saturated carbocycles. The van der Waals surface area contributed by atoms with Gasteiger partial charge in [-0.25, -0.2) is 4.98 Å². The molecular formula is C21H20ClF2N5O2. The molecule has 3 aromatic rings. The van der Waals surface area contributed by atoms with Crippen LogP contribution in [0.15, 0.2) is 48.8 Å². The molecule has 3 heterocycles. The van der Waals surface area contributed by atoms with Crippen molar-refractivity contribution in [1.29, 1.82) is 0 Å². The number of H-pyrrole nitrogens is 1. The van der Waals surface area contributed by atoms with Crippen molar-refractivity contribution in [1.82, 2.24) is 15.2 Å². The van der Waals surface area contributed by atoms with Crippen LogP contribution >= 0.6 is 11.6 Å². The Balaban J connectivity index is 1.55. The number of carbonyl (C=O) groups excluding carboxylic acids is 1. The Kier molecular flexibility index (Phi) is 5.77. The average molecular weight is 448 g/mol. The number of carbonyl (C=O) groups is 1. The molecule has 0 radical (unpaired) electrons. The molecule has 2 N–H and O–H groups in total. The summed E-state index contributed by atoms with van der Waals surface area (Å²) in [6.07, 6.45) is 4.26. The van der Waals surface area contributed by atoms with Crippen LogP contribution in [-0.4, -0.2) is 39.7 Å². The first-order valence-corrected chi connectivity index (χ1v) is 10.1. The number of nitrogens with one attached hydrogen (secondary N) is 2. The Labute approximate surface area is 182 Å². The van der Waals surface area contributed by atoms with E-state index in [-0.39, 0.29) is 11.7 Å². The van der Waals surface area contributed by atoms with Gasteiger partial charge in [-0.2, -0.15) is 5.10 Å². The van der Waals surface area contributed by atoms with E-state index in [1.54, 1.807) is 12.3 Å². The standard InChI is InChI=1S/C21H20ClF2N5O2/c1-13-7-9-29(12-13)19-17(18-6-8-26-28-18)10-14(11-25-19)20(30)27-15-2-4-16(5-3-15)31-21(22,23)24/h2-6,8,10-11,13H,7,9,12H2,1H3,(H,26,28)(H,27,30). The van der Waals surface area contributed by atoms with Gasteiger partial charge in [-0.15, -0.1) is 8.78 Å². The van der Waals surface area contributed by atoms with Crippen LogP contribution in [0.5, 0.6) is 5.75 Å². The lowest BCUT2D eigenvalue weighted by molar-refractivity contribution is -0.0964. The Morgan fingerprint density at radius 1 is 1.32 bits per heavy atom. The minimum absolute atomic E-state index is 0.120. The van der Waals surface area contributed by atoms with E-state index in [0.29, 0.717) is 17.2 Å². The molecule has 10 heteroatoms. The summed E-state index contributed by atoms with van der Waals surface area (Å²) in [6, 6.07) is 9.06. The van der Waals surface area contributed by atoms with Crippen LogP contribution in [-0.2, 0) is 0 Å². The van der Waals surface area contributed by atoms with Crippen LogP contribution < -0.4 is 15.0 Å². The first-order valence-electron chi connectivity index (χ1n) is 9.70. The second-order valence-electron chi connectivity index (χ2n) is 7.43. The zero-order valence-electron chi connectivity index (χ0n) is 16.6. The van der Waals surface area contributed by atoms with Crippen molar-refractivity contribution in [3.8, 4) is 17.0 Å². The summed E-state index contributed by atoms with van der Waals surface area (Å²) in [4.78, 5) is 19.5. The molecule has 2 aromatic heterocycles. The third kappa shape index (κ3) is 5.11. The molecule has 7 nitrogen and oxygen atoms in total. The predicted molar refractivity (Wildman–Crippen MR) is 114 cm³/mol. The maximum atomic E-state index is 12.8. The fraction of sp³-hybridized carbons (Fsp3) is 0.286. The molecular weight excluding hydrogens is 428 g/mol. The lowest BCUT2D eigenvalue weighted by Gasteiger charge is -2.20. The third-order valence-electron chi connectivity index (χ3n) is 4.99. The molecule has 0 spiro atoms. The summed E-state index contributed by atoms with van der Waals surface area (Å²) < 4.78 is 29.7. The van der Waals surface area contributed by atoms with Crippen LogP contribution in [0.3, 0.4) is 0 Å². The summed E-state index contributed by atoms with van der Waals surface area (Å²) in [5, 5.41) is 9.67. The minimum Gasteiger partial charge on any atom is -0.420 e. The molecule has 0 bridgehead atoms. The van der Waals surface area contributed by atoms with E-state index in [1.165, 1.54) is 30.5 Å². The quantitative estimate of drug-likeness (QED) is 0.533. The topological polar surface area (TPSA) is 83.1 Å². The molecule has 1 saturated heterocycles. The predicted octanol–water partition coefficient (Wildman–Crippen LogP) is 4.74. The van der Waals surface area contributed by atoms with E-state index in [0.717, 1.165) is 36.6 Å². The number of nitrogens with zero attached hydrogens (tertiary/aromatic N) is 3. The second kappa shape index (κ2) is 8.50. The molecule has 1 aliphatic heterocycles. The highest BCUT2D eigenvalue weighted by molar-refractivity contribution is 6.20. The highest BCUT2D eigenvalue weighted by Gasteiger charge is 2.27. The molecule has 1 amide bonds. The third-order valence-corrected chi connectivity index (χ3v) is 5.07. The zero-order valence-corrected chi connectivity index (χ0v) is 17.4. The van der Waals surface area contributed by atoms with Crippen molar-refractivity contribution in [2.45, 2.75) is 18.9 Å². The molecule has 1 unspecified atom stereocenters. The number of amides is 1. The summed E-state index contributed by atoms with van der Waals surface area (Å²) in [5.41, 5.74) is -1.48. The second-order valence-corrected chi connectivity index (χ2v) is 7.87. The number of alkyl halides is 3. The Bertz CT molecular complexity index is 1050. The molecule has 31 heavy (non-hydrogen) atoms. The molecule has 1 aromatic carbocycles. The van der Waals surface area contributed by atoms with Gasteiger partial charge in [-0.05, 0) is 48.7 Å². The maximum Gasteiger partial charge on any atom is 0.487 e. The molecule has 1 aliphatic rings. The zero-order chi connectivity index (χ0) is 22.0. The van der Waals surface area contributed by atoms with E-state index < -0.39 is 5.57 Å². The fourth-order valence-electron chi connectivity index (χ4n) is 3.51. The van der Waals surface area contributed by atoms with Crippen molar-refractivity contribution in [3.63, 3.8) is 0 Å². The Morgan fingerprint density at radius 3 is 2.71 bits per heavy atom. The fourth-order valence-corrected chi connectivity index (χ4v) is 3.60.